The second kappa shape index (κ2) is 11.8. The molecule has 0 aliphatic carbocycles. The molecule has 0 heterocycles. The van der Waals surface area contributed by atoms with Gasteiger partial charge in [0.1, 0.15) is 0 Å². The molecule has 0 unspecified atom stereocenters. The molecule has 0 aromatic rings. The maximum atomic E-state index is 8.25. The van der Waals surface area contributed by atoms with E-state index in [1.165, 1.54) is 19.5 Å². The zero-order chi connectivity index (χ0) is 15.4. The number of rotatable bonds is 4. The zero-order valence-electron chi connectivity index (χ0n) is 11.4. The highest BCUT2D eigenvalue weighted by Crippen LogP contribution is 1.90. The van der Waals surface area contributed by atoms with E-state index in [0.29, 0.717) is 0 Å². The van der Waals surface area contributed by atoms with Crippen molar-refractivity contribution in [2.45, 2.75) is 6.42 Å². The number of quaternary nitrogens is 2. The van der Waals surface area contributed by atoms with Gasteiger partial charge in [0.25, 0.3) is 0 Å². The summed E-state index contributed by atoms with van der Waals surface area (Å²) in [7, 11) is 11.1. The van der Waals surface area contributed by atoms with Gasteiger partial charge < -0.3 is 40.0 Å². The smallest absolute Gasteiger partial charge is 0.0834 e. The minimum atomic E-state index is -1.75. The summed E-state index contributed by atoms with van der Waals surface area (Å²) >= 11 is 0. The van der Waals surface area contributed by atoms with Gasteiger partial charge in [0.05, 0.1) is 58.5 Å². The molecule has 0 spiro atoms. The normalized spacial score (nSPS) is 9.67. The van der Waals surface area contributed by atoms with Gasteiger partial charge in [-0.25, -0.2) is 0 Å². The predicted octanol–water partition coefficient (Wildman–Crippen LogP) is -1.25. The highest BCUT2D eigenvalue weighted by atomic mass is 16.9. The summed E-state index contributed by atoms with van der Waals surface area (Å²) in [4.78, 5) is 18.0. The lowest BCUT2D eigenvalue weighted by Crippen LogP contribution is -3.05. The van der Waals surface area contributed by atoms with Crippen LogP contribution in [-0.2, 0) is 0 Å². The van der Waals surface area contributed by atoms with E-state index < -0.39 is 10.2 Å². The van der Waals surface area contributed by atoms with E-state index in [9.17, 15) is 0 Å². The minimum absolute atomic E-state index is 1.09. The molecule has 0 rings (SSSR count). The van der Waals surface area contributed by atoms with Crippen LogP contribution in [0.15, 0.2) is 0 Å². The van der Waals surface area contributed by atoms with Crippen LogP contribution in [0.1, 0.15) is 6.42 Å². The molecule has 0 aliphatic rings. The second-order valence-electron chi connectivity index (χ2n) is 4.77. The van der Waals surface area contributed by atoms with Crippen molar-refractivity contribution in [1.82, 2.24) is 0 Å². The van der Waals surface area contributed by atoms with Crippen LogP contribution in [0.4, 0.5) is 0 Å². The summed E-state index contributed by atoms with van der Waals surface area (Å²) in [5.74, 6) is 0. The van der Waals surface area contributed by atoms with E-state index in [1.54, 1.807) is 4.90 Å². The molecule has 0 aliphatic heterocycles. The minimum Gasteiger partial charge on any atom is -0.356 e. The average molecular weight is 270 g/mol. The van der Waals surface area contributed by atoms with E-state index in [-0.39, 0.29) is 0 Å². The monoisotopic (exact) mass is 270 g/mol. The molecule has 0 radical (unpaired) electrons. The molecule has 110 valence electrons. The van der Waals surface area contributed by atoms with Gasteiger partial charge in [0.2, 0.25) is 0 Å². The molecule has 0 amide bonds. The predicted molar refractivity (Wildman–Crippen MR) is 65.9 cm³/mol. The Bertz CT molecular complexity index is 208. The van der Waals surface area contributed by atoms with Crippen LogP contribution in [0.25, 0.3) is 0 Å². The van der Waals surface area contributed by atoms with Crippen molar-refractivity contribution in [3.63, 3.8) is 0 Å². The number of nitrogens with zero attached hydrogens (tertiary/aromatic N) is 3. The lowest BCUT2D eigenvalue weighted by atomic mass is 10.3. The maximum absolute atomic E-state index is 8.25. The van der Waals surface area contributed by atoms with Crippen LogP contribution in [-0.4, -0.2) is 63.0 Å². The summed E-state index contributed by atoms with van der Waals surface area (Å²) in [5, 5.41) is 29.5. The topological polar surface area (TPSA) is 137 Å². The van der Waals surface area contributed by atoms with Crippen molar-refractivity contribution in [2.75, 3.05) is 48.3 Å². The van der Waals surface area contributed by atoms with Crippen LogP contribution in [0.5, 0.6) is 0 Å². The Morgan fingerprint density at radius 1 is 0.944 bits per heavy atom. The van der Waals surface area contributed by atoms with Gasteiger partial charge in [-0.05, 0) is 0 Å². The van der Waals surface area contributed by atoms with Gasteiger partial charge in [-0.1, -0.05) is 0 Å². The van der Waals surface area contributed by atoms with E-state index in [0.717, 1.165) is 4.48 Å². The molecule has 1 N–H and O–H groups in total. The van der Waals surface area contributed by atoms with Crippen molar-refractivity contribution >= 4 is 0 Å². The first-order valence-corrected chi connectivity index (χ1v) is 5.11. The van der Waals surface area contributed by atoms with Crippen LogP contribution in [0, 0.1) is 30.6 Å². The van der Waals surface area contributed by atoms with Crippen molar-refractivity contribution in [2.24, 2.45) is 0 Å². The van der Waals surface area contributed by atoms with Crippen molar-refractivity contribution in [3.05, 3.63) is 30.6 Å². The molecule has 10 nitrogen and oxygen atoms in total. The number of nitrogens with one attached hydrogen (secondary N) is 1. The first-order chi connectivity index (χ1) is 7.88. The Hall–Kier alpha value is -1.68. The van der Waals surface area contributed by atoms with Crippen molar-refractivity contribution in [1.29, 1.82) is 0 Å². The molecule has 0 aromatic heterocycles. The van der Waals surface area contributed by atoms with Crippen LogP contribution in [0.3, 0.4) is 0 Å². The van der Waals surface area contributed by atoms with Gasteiger partial charge in [-0.2, -0.15) is 0 Å². The van der Waals surface area contributed by atoms with Gasteiger partial charge in [0.15, 0.2) is 0 Å². The Morgan fingerprint density at radius 2 is 1.22 bits per heavy atom. The quantitative estimate of drug-likeness (QED) is 0.385. The first-order valence-electron chi connectivity index (χ1n) is 5.11. The molecule has 0 bridgehead atoms. The largest absolute Gasteiger partial charge is 0.356 e. The molecule has 10 heteroatoms. The molecular weight excluding hydrogens is 248 g/mol. The maximum Gasteiger partial charge on any atom is 0.0834 e. The highest BCUT2D eigenvalue weighted by molar-refractivity contribution is 4.29. The Morgan fingerprint density at radius 3 is 1.39 bits per heavy atom. The summed E-state index contributed by atoms with van der Waals surface area (Å²) in [6.45, 7) is 2.57. The average Bonchev–Trinajstić information content (AvgIpc) is 1.96. The third-order valence-electron chi connectivity index (χ3n) is 1.51. The summed E-state index contributed by atoms with van der Waals surface area (Å²) in [6.07, 6.45) is 1.33. The summed E-state index contributed by atoms with van der Waals surface area (Å²) in [5.41, 5.74) is 0. The Kier molecular flexibility index (Phi) is 14.1. The van der Waals surface area contributed by atoms with Crippen molar-refractivity contribution < 1.29 is 19.6 Å². The highest BCUT2D eigenvalue weighted by Gasteiger charge is 2.06. The third kappa shape index (κ3) is 89.8. The molecule has 0 atom stereocenters. The lowest BCUT2D eigenvalue weighted by Gasteiger charge is -2.23. The van der Waals surface area contributed by atoms with Crippen molar-refractivity contribution in [3.8, 4) is 0 Å². The van der Waals surface area contributed by atoms with Crippen LogP contribution in [0.2, 0.25) is 0 Å². The Labute approximate surface area is 106 Å². The third-order valence-corrected chi connectivity index (χ3v) is 1.51. The van der Waals surface area contributed by atoms with Gasteiger partial charge in [-0.3, -0.25) is 0 Å². The second-order valence-corrected chi connectivity index (χ2v) is 4.77. The van der Waals surface area contributed by atoms with E-state index in [1.807, 2.05) is 0 Å². The fourth-order valence-electron chi connectivity index (χ4n) is 0.907. The zero-order valence-corrected chi connectivity index (χ0v) is 11.4. The van der Waals surface area contributed by atoms with Crippen LogP contribution >= 0.6 is 0 Å². The molecule has 0 saturated carbocycles. The lowest BCUT2D eigenvalue weighted by molar-refractivity contribution is -0.885. The van der Waals surface area contributed by atoms with Gasteiger partial charge in [-0.15, -0.1) is 0 Å². The molecule has 0 aromatic carbocycles. The van der Waals surface area contributed by atoms with Gasteiger partial charge >= 0.3 is 0 Å². The molecular formula is C8H22N4O6. The summed E-state index contributed by atoms with van der Waals surface area (Å²) in [6, 6.07) is 0. The van der Waals surface area contributed by atoms with E-state index >= 15 is 0 Å². The summed E-state index contributed by atoms with van der Waals surface area (Å²) < 4.78 is 1.09. The van der Waals surface area contributed by atoms with E-state index in [2.05, 4.69) is 35.2 Å². The van der Waals surface area contributed by atoms with E-state index in [4.69, 9.17) is 30.6 Å². The van der Waals surface area contributed by atoms with Gasteiger partial charge in [0, 0.05) is 6.42 Å². The van der Waals surface area contributed by atoms with Crippen LogP contribution < -0.4 is 4.90 Å². The number of hydrogen-bond donors (Lipinski definition) is 1. The number of hydrogen-bond acceptors (Lipinski definition) is 6. The standard InChI is InChI=1S/C8H21N2.2NO3/c1-9(2)7-6-8-10(3,4)5;2*2-1(3)4/h6-8H2,1-5H3;;/q+1;2*-1/p+1. The SMILES string of the molecule is C[NH+](C)CCC[N+](C)(C)C.O=[N+]([O-])[O-].O=[N+]([O-])[O-]. The molecule has 0 fully saturated rings. The fourth-order valence-corrected chi connectivity index (χ4v) is 0.907. The Balaban J connectivity index is -0.000000233. The molecule has 18 heavy (non-hydrogen) atoms. The molecule has 0 saturated heterocycles. The first kappa shape index (κ1) is 21.6. The fraction of sp³-hybridized carbons (Fsp3) is 1.00.